The molecule has 2 N–H and O–H groups in total. The summed E-state index contributed by atoms with van der Waals surface area (Å²) in [5.41, 5.74) is 7.72. The van der Waals surface area contributed by atoms with Crippen molar-refractivity contribution < 1.29 is 14.6 Å². The van der Waals surface area contributed by atoms with Crippen LogP contribution >= 0.6 is 0 Å². The summed E-state index contributed by atoms with van der Waals surface area (Å²) in [5.74, 6) is -0.388. The number of phenolic OH excluding ortho intramolecular Hbond substituents is 1. The highest BCUT2D eigenvalue weighted by molar-refractivity contribution is 5.82. The number of azide groups is 1. The Hall–Kier alpha value is -2.24. The molecular weight excluding hydrogens is 260 g/mol. The number of rotatable bonds is 7. The summed E-state index contributed by atoms with van der Waals surface area (Å²) in [4.78, 5) is 14.8. The Morgan fingerprint density at radius 2 is 2.35 bits per heavy atom. The maximum atomic E-state index is 12.2. The fraction of sp³-hybridized carbons (Fsp3) is 0.462. The van der Waals surface area contributed by atoms with E-state index in [-0.39, 0.29) is 18.9 Å². The molecule has 0 aliphatic carbocycles. The van der Waals surface area contributed by atoms with E-state index in [1.54, 1.807) is 26.0 Å². The second-order valence-electron chi connectivity index (χ2n) is 4.28. The average Bonchev–Trinajstić information content (AvgIpc) is 2.43. The Balaban J connectivity index is 2.99. The summed E-state index contributed by atoms with van der Waals surface area (Å²) in [6, 6.07) is 6.39. The number of phenols is 1. The topological polar surface area (TPSA) is 107 Å². The zero-order chi connectivity index (χ0) is 15.0. The van der Waals surface area contributed by atoms with Gasteiger partial charge in [0.25, 0.3) is 0 Å². The smallest absolute Gasteiger partial charge is 0.330 e. The number of nitrogens with one attached hydrogen (secondary N) is 1. The van der Waals surface area contributed by atoms with Gasteiger partial charge in [0.2, 0.25) is 0 Å². The third-order valence-corrected chi connectivity index (χ3v) is 2.86. The van der Waals surface area contributed by atoms with Crippen LogP contribution in [0.3, 0.4) is 0 Å². The number of aromatic hydroxyl groups is 1. The molecule has 0 heterocycles. The van der Waals surface area contributed by atoms with Gasteiger partial charge in [0.1, 0.15) is 11.3 Å². The number of carbonyl (C=O) groups excluding carboxylic acids is 1. The summed E-state index contributed by atoms with van der Waals surface area (Å²) in [6.45, 7) is 4.17. The van der Waals surface area contributed by atoms with Gasteiger partial charge in [-0.15, -0.1) is 0 Å². The Morgan fingerprint density at radius 1 is 1.60 bits per heavy atom. The number of benzene rings is 1. The minimum atomic E-state index is -1.11. The maximum absolute atomic E-state index is 12.2. The van der Waals surface area contributed by atoms with Gasteiger partial charge in [-0.3, -0.25) is 5.32 Å². The predicted octanol–water partition coefficient (Wildman–Crippen LogP) is 2.07. The highest BCUT2D eigenvalue weighted by Crippen LogP contribution is 2.25. The minimum absolute atomic E-state index is 0.0647. The largest absolute Gasteiger partial charge is 0.508 e. The van der Waals surface area contributed by atoms with E-state index in [4.69, 9.17) is 10.3 Å². The SMILES string of the molecule is CCOC(=O)C(C)(NCCN=[N+]=[N-])c1cccc(O)c1. The highest BCUT2D eigenvalue weighted by Gasteiger charge is 2.36. The lowest BCUT2D eigenvalue weighted by molar-refractivity contribution is -0.151. The highest BCUT2D eigenvalue weighted by atomic mass is 16.5. The first-order valence-corrected chi connectivity index (χ1v) is 6.27. The van der Waals surface area contributed by atoms with Crippen LogP contribution in [0.4, 0.5) is 0 Å². The molecule has 1 unspecified atom stereocenters. The van der Waals surface area contributed by atoms with Crippen LogP contribution in [0.25, 0.3) is 10.4 Å². The summed E-state index contributed by atoms with van der Waals surface area (Å²) in [6.07, 6.45) is 0. The van der Waals surface area contributed by atoms with Gasteiger partial charge in [0.05, 0.1) is 6.61 Å². The lowest BCUT2D eigenvalue weighted by Crippen LogP contribution is -2.48. The number of esters is 1. The predicted molar refractivity (Wildman–Crippen MR) is 74.1 cm³/mol. The lowest BCUT2D eigenvalue weighted by Gasteiger charge is -2.29. The first kappa shape index (κ1) is 15.8. The monoisotopic (exact) mass is 278 g/mol. The number of carbonyl (C=O) groups is 1. The molecule has 0 aliphatic heterocycles. The molecular formula is C13H18N4O3. The summed E-state index contributed by atoms with van der Waals surface area (Å²) in [5, 5.41) is 16.0. The van der Waals surface area contributed by atoms with Crippen molar-refractivity contribution in [2.45, 2.75) is 19.4 Å². The van der Waals surface area contributed by atoms with E-state index in [1.807, 2.05) is 0 Å². The first-order valence-electron chi connectivity index (χ1n) is 6.27. The van der Waals surface area contributed by atoms with E-state index >= 15 is 0 Å². The van der Waals surface area contributed by atoms with Crippen molar-refractivity contribution in [3.8, 4) is 5.75 Å². The summed E-state index contributed by atoms with van der Waals surface area (Å²) in [7, 11) is 0. The van der Waals surface area contributed by atoms with Crippen LogP contribution in [0.5, 0.6) is 5.75 Å². The van der Waals surface area contributed by atoms with Gasteiger partial charge in [-0.1, -0.05) is 17.2 Å². The summed E-state index contributed by atoms with van der Waals surface area (Å²) >= 11 is 0. The van der Waals surface area contributed by atoms with Crippen molar-refractivity contribution in [1.82, 2.24) is 5.32 Å². The Labute approximate surface area is 117 Å². The van der Waals surface area contributed by atoms with E-state index in [0.29, 0.717) is 12.1 Å². The molecule has 1 rings (SSSR count). The summed E-state index contributed by atoms with van der Waals surface area (Å²) < 4.78 is 5.07. The van der Waals surface area contributed by atoms with Crippen molar-refractivity contribution in [2.75, 3.05) is 19.7 Å². The molecule has 0 radical (unpaired) electrons. The Morgan fingerprint density at radius 3 is 2.95 bits per heavy atom. The maximum Gasteiger partial charge on any atom is 0.330 e. The van der Waals surface area contributed by atoms with Crippen molar-refractivity contribution >= 4 is 5.97 Å². The van der Waals surface area contributed by atoms with E-state index < -0.39 is 11.5 Å². The van der Waals surface area contributed by atoms with Crippen LogP contribution in [0, 0.1) is 0 Å². The van der Waals surface area contributed by atoms with Crippen LogP contribution in [0.1, 0.15) is 19.4 Å². The Kier molecular flexibility index (Phi) is 5.83. The quantitative estimate of drug-likeness (QED) is 0.262. The molecule has 7 nitrogen and oxygen atoms in total. The molecule has 1 atom stereocenters. The van der Waals surface area contributed by atoms with Crippen molar-refractivity contribution in [3.05, 3.63) is 40.3 Å². The molecule has 108 valence electrons. The van der Waals surface area contributed by atoms with E-state index in [1.165, 1.54) is 12.1 Å². The van der Waals surface area contributed by atoms with Gasteiger partial charge in [-0.2, -0.15) is 0 Å². The van der Waals surface area contributed by atoms with Gasteiger partial charge in [-0.25, -0.2) is 4.79 Å². The van der Waals surface area contributed by atoms with Gasteiger partial charge in [0, 0.05) is 18.0 Å². The third-order valence-electron chi connectivity index (χ3n) is 2.86. The van der Waals surface area contributed by atoms with E-state index in [0.717, 1.165) is 0 Å². The number of hydrogen-bond acceptors (Lipinski definition) is 5. The van der Waals surface area contributed by atoms with Gasteiger partial charge < -0.3 is 9.84 Å². The van der Waals surface area contributed by atoms with Crippen LogP contribution in [0.15, 0.2) is 29.4 Å². The molecule has 0 saturated heterocycles. The first-order chi connectivity index (χ1) is 9.54. The van der Waals surface area contributed by atoms with E-state index in [2.05, 4.69) is 15.3 Å². The molecule has 0 amide bonds. The molecule has 1 aromatic rings. The Bertz CT molecular complexity index is 514. The van der Waals surface area contributed by atoms with Gasteiger partial charge in [-0.05, 0) is 37.1 Å². The zero-order valence-corrected chi connectivity index (χ0v) is 11.5. The molecule has 1 aromatic carbocycles. The number of hydrogen-bond donors (Lipinski definition) is 2. The standard InChI is InChI=1S/C13H18N4O3/c1-3-20-12(19)13(2,15-7-8-16-17-14)10-5-4-6-11(18)9-10/h4-6,9,15,18H,3,7-8H2,1-2H3. The molecule has 0 saturated carbocycles. The average molecular weight is 278 g/mol. The van der Waals surface area contributed by atoms with Gasteiger partial charge in [0.15, 0.2) is 0 Å². The van der Waals surface area contributed by atoms with Gasteiger partial charge >= 0.3 is 5.97 Å². The second kappa shape index (κ2) is 7.37. The molecule has 0 bridgehead atoms. The van der Waals surface area contributed by atoms with Crippen molar-refractivity contribution in [2.24, 2.45) is 5.11 Å². The zero-order valence-electron chi connectivity index (χ0n) is 11.5. The van der Waals surface area contributed by atoms with Crippen LogP contribution in [-0.4, -0.2) is 30.8 Å². The molecule has 0 aromatic heterocycles. The van der Waals surface area contributed by atoms with Crippen LogP contribution < -0.4 is 5.32 Å². The molecule has 20 heavy (non-hydrogen) atoms. The fourth-order valence-corrected chi connectivity index (χ4v) is 1.79. The van der Waals surface area contributed by atoms with Crippen molar-refractivity contribution in [1.29, 1.82) is 0 Å². The lowest BCUT2D eigenvalue weighted by atomic mass is 9.91. The normalized spacial score (nSPS) is 13.1. The van der Waals surface area contributed by atoms with Crippen LogP contribution in [0.2, 0.25) is 0 Å². The fourth-order valence-electron chi connectivity index (χ4n) is 1.79. The van der Waals surface area contributed by atoms with E-state index in [9.17, 15) is 9.90 Å². The third kappa shape index (κ3) is 3.88. The number of nitrogens with zero attached hydrogens (tertiary/aromatic N) is 3. The molecule has 0 spiro atoms. The molecule has 7 heteroatoms. The number of ether oxygens (including phenoxy) is 1. The minimum Gasteiger partial charge on any atom is -0.508 e. The van der Waals surface area contributed by atoms with Crippen molar-refractivity contribution in [3.63, 3.8) is 0 Å². The second-order valence-corrected chi connectivity index (χ2v) is 4.28. The molecule has 0 aliphatic rings. The van der Waals surface area contributed by atoms with Crippen LogP contribution in [-0.2, 0) is 15.1 Å². The molecule has 0 fully saturated rings.